The summed E-state index contributed by atoms with van der Waals surface area (Å²) in [6, 6.07) is 8.54. The number of carbonyl (C=O) groups is 2. The van der Waals surface area contributed by atoms with Crippen LogP contribution in [-0.2, 0) is 9.59 Å². The Hall–Kier alpha value is -2.04. The van der Waals surface area contributed by atoms with Crippen molar-refractivity contribution in [2.24, 2.45) is 5.41 Å². The monoisotopic (exact) mass is 303 g/mol. The number of carbonyl (C=O) groups excluding carboxylic acids is 1. The molecule has 0 aromatic heterocycles. The molecule has 2 aliphatic rings. The number of carboxylic acid groups (broad SMARTS) is 1. The van der Waals surface area contributed by atoms with Gasteiger partial charge in [0.25, 0.3) is 0 Å². The van der Waals surface area contributed by atoms with Crippen LogP contribution in [0.2, 0.25) is 0 Å². The first-order chi connectivity index (χ1) is 10.5. The summed E-state index contributed by atoms with van der Waals surface area (Å²) in [7, 11) is 0. The topological polar surface area (TPSA) is 66.8 Å². The Bertz CT molecular complexity index is 567. The lowest BCUT2D eigenvalue weighted by molar-refractivity contribution is -0.155. The van der Waals surface area contributed by atoms with Crippen molar-refractivity contribution in [1.29, 1.82) is 0 Å². The van der Waals surface area contributed by atoms with Gasteiger partial charge in [0, 0.05) is 11.8 Å². The molecule has 1 saturated heterocycles. The summed E-state index contributed by atoms with van der Waals surface area (Å²) < 4.78 is 5.84. The summed E-state index contributed by atoms with van der Waals surface area (Å²) in [5.41, 5.74) is -0.380. The van der Waals surface area contributed by atoms with Crippen LogP contribution in [0.25, 0.3) is 0 Å². The minimum Gasteiger partial charge on any atom is -0.488 e. The van der Waals surface area contributed by atoms with Crippen LogP contribution in [0.5, 0.6) is 5.75 Å². The summed E-state index contributed by atoms with van der Waals surface area (Å²) >= 11 is 0. The average molecular weight is 303 g/mol. The lowest BCUT2D eigenvalue weighted by atomic mass is 9.69. The van der Waals surface area contributed by atoms with Crippen LogP contribution in [0.15, 0.2) is 30.3 Å². The van der Waals surface area contributed by atoms with E-state index in [2.05, 4.69) is 0 Å². The number of ether oxygens (including phenoxy) is 1. The minimum absolute atomic E-state index is 0.0367. The number of aliphatic carboxylic acids is 1. The van der Waals surface area contributed by atoms with Crippen LogP contribution >= 0.6 is 0 Å². The molecule has 0 radical (unpaired) electrons. The number of hydrogen-bond acceptors (Lipinski definition) is 3. The van der Waals surface area contributed by atoms with Crippen molar-refractivity contribution in [3.63, 3.8) is 0 Å². The number of benzene rings is 1. The molecule has 2 fully saturated rings. The van der Waals surface area contributed by atoms with Gasteiger partial charge in [0.15, 0.2) is 0 Å². The third-order valence-electron chi connectivity index (χ3n) is 4.83. The fourth-order valence-corrected chi connectivity index (χ4v) is 3.30. The van der Waals surface area contributed by atoms with E-state index in [1.54, 1.807) is 0 Å². The maximum absolute atomic E-state index is 12.7. The Kier molecular flexibility index (Phi) is 3.81. The lowest BCUT2D eigenvalue weighted by Gasteiger charge is -2.40. The van der Waals surface area contributed by atoms with E-state index in [0.717, 1.165) is 19.3 Å². The molecule has 0 bridgehead atoms. The summed E-state index contributed by atoms with van der Waals surface area (Å²) in [5, 5.41) is 9.42. The van der Waals surface area contributed by atoms with Gasteiger partial charge < -0.3 is 14.7 Å². The SMILES string of the molecule is CC1(C(=O)N2C[C@@H](Oc3ccccc3)C[C@H]2C(=O)O)CCC1. The van der Waals surface area contributed by atoms with Crippen LogP contribution in [0.3, 0.4) is 0 Å². The molecule has 1 saturated carbocycles. The first kappa shape index (κ1) is 14.9. The van der Waals surface area contributed by atoms with Gasteiger partial charge in [-0.1, -0.05) is 31.5 Å². The third kappa shape index (κ3) is 2.67. The van der Waals surface area contributed by atoms with E-state index in [9.17, 15) is 14.7 Å². The van der Waals surface area contributed by atoms with Gasteiger partial charge in [0.05, 0.1) is 6.54 Å². The Morgan fingerprint density at radius 1 is 1.27 bits per heavy atom. The molecule has 0 unspecified atom stereocenters. The maximum atomic E-state index is 12.7. The van der Waals surface area contributed by atoms with Crippen LogP contribution in [0.4, 0.5) is 0 Å². The molecule has 1 aliphatic carbocycles. The number of rotatable bonds is 4. The summed E-state index contributed by atoms with van der Waals surface area (Å²) in [5.74, 6) is -0.276. The van der Waals surface area contributed by atoms with Crippen LogP contribution in [-0.4, -0.2) is 40.6 Å². The zero-order valence-corrected chi connectivity index (χ0v) is 12.7. The van der Waals surface area contributed by atoms with E-state index in [-0.39, 0.29) is 17.4 Å². The normalized spacial score (nSPS) is 26.3. The summed E-state index contributed by atoms with van der Waals surface area (Å²) in [6.07, 6.45) is 2.80. The van der Waals surface area contributed by atoms with Crippen LogP contribution in [0.1, 0.15) is 32.6 Å². The molecule has 5 nitrogen and oxygen atoms in total. The predicted octanol–water partition coefficient (Wildman–Crippen LogP) is 2.31. The highest BCUT2D eigenvalue weighted by Gasteiger charge is 2.48. The number of hydrogen-bond donors (Lipinski definition) is 1. The molecule has 2 atom stereocenters. The van der Waals surface area contributed by atoms with Gasteiger partial charge in [-0.2, -0.15) is 0 Å². The van der Waals surface area contributed by atoms with E-state index in [1.165, 1.54) is 4.90 Å². The lowest BCUT2D eigenvalue weighted by Crippen LogP contribution is -2.50. The average Bonchev–Trinajstić information content (AvgIpc) is 2.89. The summed E-state index contributed by atoms with van der Waals surface area (Å²) in [4.78, 5) is 25.7. The van der Waals surface area contributed by atoms with E-state index in [1.807, 2.05) is 37.3 Å². The molecule has 1 aliphatic heterocycles. The van der Waals surface area contributed by atoms with E-state index < -0.39 is 12.0 Å². The summed E-state index contributed by atoms with van der Waals surface area (Å²) in [6.45, 7) is 2.28. The number of para-hydroxylation sites is 1. The quantitative estimate of drug-likeness (QED) is 0.927. The zero-order valence-electron chi connectivity index (χ0n) is 12.7. The van der Waals surface area contributed by atoms with Crippen molar-refractivity contribution >= 4 is 11.9 Å². The highest BCUT2D eigenvalue weighted by Crippen LogP contribution is 2.43. The van der Waals surface area contributed by atoms with Crippen molar-refractivity contribution in [2.75, 3.05) is 6.54 Å². The number of nitrogens with zero attached hydrogens (tertiary/aromatic N) is 1. The van der Waals surface area contributed by atoms with Crippen molar-refractivity contribution < 1.29 is 19.4 Å². The first-order valence-corrected chi connectivity index (χ1v) is 7.75. The largest absolute Gasteiger partial charge is 0.488 e. The van der Waals surface area contributed by atoms with E-state index >= 15 is 0 Å². The molecule has 1 aromatic rings. The van der Waals surface area contributed by atoms with Gasteiger partial charge in [-0.3, -0.25) is 4.79 Å². The standard InChI is InChI=1S/C17H21NO4/c1-17(8-5-9-17)16(21)18-11-13(10-14(18)15(19)20)22-12-6-3-2-4-7-12/h2-4,6-7,13-14H,5,8-11H2,1H3,(H,19,20)/t13-,14-/m0/s1. The highest BCUT2D eigenvalue weighted by molar-refractivity contribution is 5.88. The molecule has 22 heavy (non-hydrogen) atoms. The molecule has 5 heteroatoms. The van der Waals surface area contributed by atoms with Gasteiger partial charge in [0.1, 0.15) is 17.9 Å². The zero-order chi connectivity index (χ0) is 15.7. The maximum Gasteiger partial charge on any atom is 0.326 e. The van der Waals surface area contributed by atoms with Crippen LogP contribution < -0.4 is 4.74 Å². The smallest absolute Gasteiger partial charge is 0.326 e. The van der Waals surface area contributed by atoms with Crippen molar-refractivity contribution in [3.8, 4) is 5.75 Å². The molecule has 1 N–H and O–H groups in total. The molecule has 0 spiro atoms. The molecular formula is C17H21NO4. The Morgan fingerprint density at radius 2 is 1.95 bits per heavy atom. The van der Waals surface area contributed by atoms with Crippen molar-refractivity contribution in [2.45, 2.75) is 44.8 Å². The molecule has 3 rings (SSSR count). The van der Waals surface area contributed by atoms with Crippen LogP contribution in [0, 0.1) is 5.41 Å². The molecule has 1 heterocycles. The second-order valence-corrected chi connectivity index (χ2v) is 6.51. The Morgan fingerprint density at radius 3 is 2.50 bits per heavy atom. The first-order valence-electron chi connectivity index (χ1n) is 7.75. The molecule has 118 valence electrons. The van der Waals surface area contributed by atoms with Crippen molar-refractivity contribution in [1.82, 2.24) is 4.90 Å². The molecule has 1 amide bonds. The fourth-order valence-electron chi connectivity index (χ4n) is 3.30. The minimum atomic E-state index is -0.949. The molecule has 1 aromatic carbocycles. The Balaban J connectivity index is 1.72. The van der Waals surface area contributed by atoms with Gasteiger partial charge in [0.2, 0.25) is 5.91 Å². The predicted molar refractivity (Wildman–Crippen MR) is 80.6 cm³/mol. The molecular weight excluding hydrogens is 282 g/mol. The number of likely N-dealkylation sites (tertiary alicyclic amines) is 1. The number of amides is 1. The van der Waals surface area contributed by atoms with E-state index in [4.69, 9.17) is 4.74 Å². The fraction of sp³-hybridized carbons (Fsp3) is 0.529. The van der Waals surface area contributed by atoms with Crippen molar-refractivity contribution in [3.05, 3.63) is 30.3 Å². The number of carboxylic acids is 1. The van der Waals surface area contributed by atoms with Gasteiger partial charge in [-0.05, 0) is 25.0 Å². The van der Waals surface area contributed by atoms with Gasteiger partial charge in [-0.15, -0.1) is 0 Å². The van der Waals surface area contributed by atoms with Gasteiger partial charge >= 0.3 is 5.97 Å². The second kappa shape index (κ2) is 5.63. The second-order valence-electron chi connectivity index (χ2n) is 6.51. The Labute approximate surface area is 129 Å². The van der Waals surface area contributed by atoms with E-state index in [0.29, 0.717) is 18.7 Å². The third-order valence-corrected chi connectivity index (χ3v) is 4.83. The highest BCUT2D eigenvalue weighted by atomic mass is 16.5. The van der Waals surface area contributed by atoms with Gasteiger partial charge in [-0.25, -0.2) is 4.79 Å².